The van der Waals surface area contributed by atoms with E-state index in [0.29, 0.717) is 58.0 Å². The van der Waals surface area contributed by atoms with Gasteiger partial charge in [-0.3, -0.25) is 14.8 Å². The molecule has 1 aliphatic rings. The molecule has 1 fully saturated rings. The van der Waals surface area contributed by atoms with Crippen molar-refractivity contribution in [1.29, 1.82) is 0 Å². The minimum atomic E-state index is -1.63. The van der Waals surface area contributed by atoms with Crippen molar-refractivity contribution >= 4 is 17.8 Å². The number of carbonyl (C=O) groups excluding carboxylic acids is 2. The highest BCUT2D eigenvalue weighted by atomic mass is 16.5. The van der Waals surface area contributed by atoms with Crippen LogP contribution in [-0.2, 0) is 16.0 Å². The quantitative estimate of drug-likeness (QED) is 0.357. The first-order chi connectivity index (χ1) is 16.0. The number of hydrogen-bond donors (Lipinski definition) is 3. The first kappa shape index (κ1) is 24.4. The third kappa shape index (κ3) is 6.62. The van der Waals surface area contributed by atoms with Gasteiger partial charge in [0.15, 0.2) is 0 Å². The van der Waals surface area contributed by atoms with Gasteiger partial charge < -0.3 is 19.6 Å². The number of benzene rings is 1. The van der Waals surface area contributed by atoms with Crippen LogP contribution in [0.25, 0.3) is 0 Å². The number of aryl methyl sites for hydroxylation is 1. The fraction of sp³-hybridized carbons (Fsp3) is 0.478. The number of hydroxylamine groups is 1. The highest BCUT2D eigenvalue weighted by Crippen LogP contribution is 2.21. The predicted octanol–water partition coefficient (Wildman–Crippen LogP) is 1.03. The molecular formula is C23H31N5O5. The number of aliphatic hydroxyl groups excluding tert-OH is 1. The Balaban J connectivity index is 1.59. The van der Waals surface area contributed by atoms with Gasteiger partial charge in [0.2, 0.25) is 11.9 Å². The maximum atomic E-state index is 13.2. The van der Waals surface area contributed by atoms with Crippen molar-refractivity contribution < 1.29 is 24.6 Å². The normalized spacial score (nSPS) is 15.6. The molecule has 0 radical (unpaired) electrons. The lowest BCUT2D eigenvalue weighted by Crippen LogP contribution is -2.53. The van der Waals surface area contributed by atoms with E-state index in [-0.39, 0.29) is 5.91 Å². The van der Waals surface area contributed by atoms with E-state index < -0.39 is 17.9 Å². The molecule has 3 rings (SSSR count). The van der Waals surface area contributed by atoms with Gasteiger partial charge in [-0.1, -0.05) is 12.1 Å². The van der Waals surface area contributed by atoms with Gasteiger partial charge in [-0.05, 0) is 49.9 Å². The second kappa shape index (κ2) is 12.1. The molecule has 178 valence electrons. The van der Waals surface area contributed by atoms with Crippen molar-refractivity contribution in [3.63, 3.8) is 0 Å². The number of hydrogen-bond acceptors (Lipinski definition) is 8. The van der Waals surface area contributed by atoms with Crippen molar-refractivity contribution in [2.75, 3.05) is 37.7 Å². The maximum absolute atomic E-state index is 13.2. The van der Waals surface area contributed by atoms with Gasteiger partial charge >= 0.3 is 0 Å². The summed E-state index contributed by atoms with van der Waals surface area (Å²) in [7, 11) is 0. The van der Waals surface area contributed by atoms with E-state index >= 15 is 0 Å². The Bertz CT molecular complexity index is 888. The number of anilines is 1. The summed E-state index contributed by atoms with van der Waals surface area (Å²) in [5.74, 6) is -0.822. The first-order valence-electron chi connectivity index (χ1n) is 11.2. The number of amides is 2. The summed E-state index contributed by atoms with van der Waals surface area (Å²) in [4.78, 5) is 37.2. The molecule has 10 nitrogen and oxygen atoms in total. The maximum Gasteiger partial charge on any atom is 0.272 e. The van der Waals surface area contributed by atoms with Crippen LogP contribution >= 0.6 is 0 Å². The SMILES string of the molecule is CCOc1ccc(CCC[C@@H](C(=O)N2CCN(c3ncccn3)CC2)[C@H](O)C(=O)NO)cc1. The van der Waals surface area contributed by atoms with Crippen LogP contribution in [0.15, 0.2) is 42.7 Å². The minimum Gasteiger partial charge on any atom is -0.494 e. The third-order valence-corrected chi connectivity index (χ3v) is 5.72. The first-order valence-corrected chi connectivity index (χ1v) is 11.2. The Labute approximate surface area is 193 Å². The molecule has 2 atom stereocenters. The van der Waals surface area contributed by atoms with E-state index in [4.69, 9.17) is 9.94 Å². The molecule has 1 aliphatic heterocycles. The van der Waals surface area contributed by atoms with E-state index in [0.717, 1.165) is 11.3 Å². The van der Waals surface area contributed by atoms with Crippen molar-refractivity contribution in [1.82, 2.24) is 20.3 Å². The van der Waals surface area contributed by atoms with Crippen molar-refractivity contribution in [3.8, 4) is 5.75 Å². The zero-order valence-electron chi connectivity index (χ0n) is 18.8. The third-order valence-electron chi connectivity index (χ3n) is 5.72. The van der Waals surface area contributed by atoms with Crippen LogP contribution in [0.5, 0.6) is 5.75 Å². The number of nitrogens with zero attached hydrogens (tertiary/aromatic N) is 4. The van der Waals surface area contributed by atoms with E-state index in [1.165, 1.54) is 5.48 Å². The largest absolute Gasteiger partial charge is 0.494 e. The predicted molar refractivity (Wildman–Crippen MR) is 121 cm³/mol. The molecular weight excluding hydrogens is 426 g/mol. The lowest BCUT2D eigenvalue weighted by Gasteiger charge is -2.37. The highest BCUT2D eigenvalue weighted by Gasteiger charge is 2.35. The highest BCUT2D eigenvalue weighted by molar-refractivity contribution is 5.88. The molecule has 1 saturated heterocycles. The molecule has 0 bridgehead atoms. The zero-order chi connectivity index (χ0) is 23.6. The van der Waals surface area contributed by atoms with Gasteiger partial charge in [-0.2, -0.15) is 0 Å². The number of ether oxygens (including phenoxy) is 1. The fourth-order valence-corrected chi connectivity index (χ4v) is 3.93. The molecule has 33 heavy (non-hydrogen) atoms. The van der Waals surface area contributed by atoms with Crippen molar-refractivity contribution in [2.45, 2.75) is 32.3 Å². The Kier molecular flexibility index (Phi) is 8.96. The van der Waals surface area contributed by atoms with Crippen LogP contribution in [0, 0.1) is 5.92 Å². The van der Waals surface area contributed by atoms with Crippen LogP contribution < -0.4 is 15.1 Å². The zero-order valence-corrected chi connectivity index (χ0v) is 18.8. The average molecular weight is 458 g/mol. The van der Waals surface area contributed by atoms with E-state index in [9.17, 15) is 14.7 Å². The van der Waals surface area contributed by atoms with Crippen LogP contribution in [0.1, 0.15) is 25.3 Å². The summed E-state index contributed by atoms with van der Waals surface area (Å²) in [5, 5.41) is 19.4. The Morgan fingerprint density at radius 1 is 1.12 bits per heavy atom. The minimum absolute atomic E-state index is 0.300. The molecule has 3 N–H and O–H groups in total. The molecule has 2 heterocycles. The van der Waals surface area contributed by atoms with Gasteiger partial charge in [-0.25, -0.2) is 15.4 Å². The Morgan fingerprint density at radius 3 is 2.39 bits per heavy atom. The number of piperazine rings is 1. The van der Waals surface area contributed by atoms with Crippen molar-refractivity contribution in [3.05, 3.63) is 48.3 Å². The second-order valence-corrected chi connectivity index (χ2v) is 7.86. The summed E-state index contributed by atoms with van der Waals surface area (Å²) in [6.45, 7) is 4.49. The van der Waals surface area contributed by atoms with Gasteiger partial charge in [0.1, 0.15) is 11.9 Å². The smallest absolute Gasteiger partial charge is 0.272 e. The fourth-order valence-electron chi connectivity index (χ4n) is 3.93. The molecule has 2 amide bonds. The number of carbonyl (C=O) groups is 2. The summed E-state index contributed by atoms with van der Waals surface area (Å²) >= 11 is 0. The van der Waals surface area contributed by atoms with Crippen molar-refractivity contribution in [2.24, 2.45) is 5.92 Å². The van der Waals surface area contributed by atoms with E-state index in [1.54, 1.807) is 23.4 Å². The van der Waals surface area contributed by atoms with E-state index in [2.05, 4.69) is 9.97 Å². The molecule has 1 aromatic carbocycles. The second-order valence-electron chi connectivity index (χ2n) is 7.86. The molecule has 10 heteroatoms. The molecule has 2 aromatic rings. The monoisotopic (exact) mass is 457 g/mol. The van der Waals surface area contributed by atoms with Crippen LogP contribution in [0.3, 0.4) is 0 Å². The Hall–Kier alpha value is -3.24. The van der Waals surface area contributed by atoms with Gasteiger partial charge in [0, 0.05) is 38.6 Å². The summed E-state index contributed by atoms with van der Waals surface area (Å²) < 4.78 is 5.45. The molecule has 1 aromatic heterocycles. The van der Waals surface area contributed by atoms with Crippen LogP contribution in [0.4, 0.5) is 5.95 Å². The van der Waals surface area contributed by atoms with Gasteiger partial charge in [0.25, 0.3) is 5.91 Å². The molecule has 0 spiro atoms. The summed E-state index contributed by atoms with van der Waals surface area (Å²) in [6, 6.07) is 9.46. The van der Waals surface area contributed by atoms with E-state index in [1.807, 2.05) is 36.1 Å². The number of rotatable bonds is 10. The van der Waals surface area contributed by atoms with Gasteiger partial charge in [0.05, 0.1) is 12.5 Å². The number of nitrogens with one attached hydrogen (secondary N) is 1. The molecule has 0 unspecified atom stereocenters. The average Bonchev–Trinajstić information content (AvgIpc) is 2.87. The molecule has 0 saturated carbocycles. The number of aliphatic hydroxyl groups is 1. The van der Waals surface area contributed by atoms with Crippen LogP contribution in [0.2, 0.25) is 0 Å². The standard InChI is InChI=1S/C23H31N5O5/c1-2-33-18-9-7-17(8-10-18)5-3-6-19(20(29)21(30)26-32)22(31)27-13-15-28(16-14-27)23-24-11-4-12-25-23/h4,7-12,19-20,29,32H,2-3,5-6,13-16H2,1H3,(H,26,30)/t19-,20+/m1/s1. The summed E-state index contributed by atoms with van der Waals surface area (Å²) in [6.07, 6.45) is 3.30. The molecule has 0 aliphatic carbocycles. The summed E-state index contributed by atoms with van der Waals surface area (Å²) in [5.41, 5.74) is 2.53. The van der Waals surface area contributed by atoms with Gasteiger partial charge in [-0.15, -0.1) is 0 Å². The van der Waals surface area contributed by atoms with Crippen LogP contribution in [-0.4, -0.2) is 75.9 Å². The lowest BCUT2D eigenvalue weighted by molar-refractivity contribution is -0.151. The Morgan fingerprint density at radius 2 is 1.79 bits per heavy atom. The number of aromatic nitrogens is 2. The lowest BCUT2D eigenvalue weighted by atomic mass is 9.92. The topological polar surface area (TPSA) is 128 Å².